The molecule has 16 heavy (non-hydrogen) atoms. The van der Waals surface area contributed by atoms with Crippen LogP contribution in [0.25, 0.3) is 0 Å². The van der Waals surface area contributed by atoms with Gasteiger partial charge in [0.1, 0.15) is 0 Å². The lowest BCUT2D eigenvalue weighted by Gasteiger charge is -2.17. The van der Waals surface area contributed by atoms with Gasteiger partial charge in [-0.15, -0.1) is 0 Å². The Hall–Kier alpha value is -1.35. The summed E-state index contributed by atoms with van der Waals surface area (Å²) in [5.41, 5.74) is 1.62. The van der Waals surface area contributed by atoms with Crippen molar-refractivity contribution in [2.75, 3.05) is 0 Å². The molecule has 5 nitrogen and oxygen atoms in total. The number of phenols is 1. The summed E-state index contributed by atoms with van der Waals surface area (Å²) in [6.07, 6.45) is 1.34. The van der Waals surface area contributed by atoms with E-state index in [0.717, 1.165) is 11.1 Å². The predicted octanol–water partition coefficient (Wildman–Crippen LogP) is 2.79. The molecule has 0 spiro atoms. The molecule has 0 aromatic heterocycles. The zero-order valence-electron chi connectivity index (χ0n) is 8.94. The van der Waals surface area contributed by atoms with Crippen LogP contribution in [-0.2, 0) is 17.4 Å². The van der Waals surface area contributed by atoms with Gasteiger partial charge in [0.05, 0.1) is 0 Å². The zero-order valence-corrected chi connectivity index (χ0v) is 9.84. The van der Waals surface area contributed by atoms with Crippen LogP contribution >= 0.6 is 7.82 Å². The second-order valence-electron chi connectivity index (χ2n) is 3.72. The summed E-state index contributed by atoms with van der Waals surface area (Å²) in [7, 11) is -3.51. The van der Waals surface area contributed by atoms with Crippen molar-refractivity contribution in [1.29, 1.82) is 0 Å². The van der Waals surface area contributed by atoms with Crippen LogP contribution in [-0.4, -0.2) is 5.11 Å². The quantitative estimate of drug-likeness (QED) is 0.808. The maximum atomic E-state index is 11.8. The van der Waals surface area contributed by atoms with Crippen LogP contribution < -0.4 is 13.6 Å². The summed E-state index contributed by atoms with van der Waals surface area (Å²) < 4.78 is 27.0. The molecule has 6 heteroatoms. The lowest BCUT2D eigenvalue weighted by atomic mass is 9.99. The van der Waals surface area contributed by atoms with E-state index in [4.69, 9.17) is 13.6 Å². The third-order valence-electron chi connectivity index (χ3n) is 2.87. The zero-order chi connectivity index (χ0) is 11.5. The number of benzene rings is 1. The van der Waals surface area contributed by atoms with Crippen molar-refractivity contribution in [3.63, 3.8) is 0 Å². The number of hydrogen-bond donors (Lipinski definition) is 1. The van der Waals surface area contributed by atoms with E-state index >= 15 is 0 Å². The first-order valence-electron chi connectivity index (χ1n) is 5.19. The van der Waals surface area contributed by atoms with Crippen molar-refractivity contribution in [1.82, 2.24) is 0 Å². The second-order valence-corrected chi connectivity index (χ2v) is 5.16. The highest BCUT2D eigenvalue weighted by molar-refractivity contribution is 7.50. The first kappa shape index (κ1) is 9.85. The molecule has 0 saturated carbocycles. The Labute approximate surface area is 92.6 Å². The molecule has 2 aliphatic rings. The molecule has 1 N–H and O–H groups in total. The topological polar surface area (TPSA) is 65.0 Å². The first-order chi connectivity index (χ1) is 7.59. The highest BCUT2D eigenvalue weighted by atomic mass is 31.2. The molecule has 1 atom stereocenters. The summed E-state index contributed by atoms with van der Waals surface area (Å²) >= 11 is 0. The standard InChI is InChI=1S/C10H11O5P/c1-3-5-6(4-2)8-10-9(7(5)11)14-16(12,13-8)15-10/h11H,3-4H2,1-2H3. The van der Waals surface area contributed by atoms with E-state index in [-0.39, 0.29) is 17.2 Å². The van der Waals surface area contributed by atoms with Gasteiger partial charge >= 0.3 is 7.82 Å². The predicted molar refractivity (Wildman–Crippen MR) is 56.4 cm³/mol. The molecule has 86 valence electrons. The average Bonchev–Trinajstić information content (AvgIpc) is 2.76. The molecule has 2 aliphatic heterocycles. The lowest BCUT2D eigenvalue weighted by molar-refractivity contribution is 0.342. The Bertz CT molecular complexity index is 537. The van der Waals surface area contributed by atoms with Crippen molar-refractivity contribution in [2.45, 2.75) is 26.7 Å². The minimum absolute atomic E-state index is 0.0270. The van der Waals surface area contributed by atoms with Gasteiger partial charge in [0, 0.05) is 11.1 Å². The van der Waals surface area contributed by atoms with Crippen LogP contribution in [0.2, 0.25) is 0 Å². The van der Waals surface area contributed by atoms with Gasteiger partial charge in [-0.2, -0.15) is 4.57 Å². The van der Waals surface area contributed by atoms with Gasteiger partial charge in [0.15, 0.2) is 11.5 Å². The van der Waals surface area contributed by atoms with Gasteiger partial charge in [-0.3, -0.25) is 0 Å². The van der Waals surface area contributed by atoms with Gasteiger partial charge in [-0.05, 0) is 12.8 Å². The summed E-state index contributed by atoms with van der Waals surface area (Å²) in [5, 5.41) is 10.00. The van der Waals surface area contributed by atoms with Gasteiger partial charge in [-0.1, -0.05) is 13.8 Å². The maximum absolute atomic E-state index is 11.8. The van der Waals surface area contributed by atoms with E-state index < -0.39 is 7.82 Å². The van der Waals surface area contributed by atoms with Gasteiger partial charge in [0.2, 0.25) is 11.5 Å². The summed E-state index contributed by atoms with van der Waals surface area (Å²) in [5.74, 6) is 0.953. The molecule has 0 saturated heterocycles. The van der Waals surface area contributed by atoms with E-state index in [2.05, 4.69) is 0 Å². The molecule has 2 heterocycles. The molecule has 1 aromatic rings. The second kappa shape index (κ2) is 2.86. The number of rotatable bonds is 2. The molecular weight excluding hydrogens is 231 g/mol. The highest BCUT2D eigenvalue weighted by Crippen LogP contribution is 2.72. The minimum atomic E-state index is -3.51. The molecule has 3 rings (SSSR count). The van der Waals surface area contributed by atoms with Crippen molar-refractivity contribution in [2.24, 2.45) is 0 Å². The molecule has 0 fully saturated rings. The van der Waals surface area contributed by atoms with E-state index in [0.29, 0.717) is 18.6 Å². The Morgan fingerprint density at radius 1 is 1.00 bits per heavy atom. The highest BCUT2D eigenvalue weighted by Gasteiger charge is 2.53. The van der Waals surface area contributed by atoms with Crippen LogP contribution in [0.5, 0.6) is 23.0 Å². The fourth-order valence-corrected chi connectivity index (χ4v) is 3.49. The fourth-order valence-electron chi connectivity index (χ4n) is 2.17. The van der Waals surface area contributed by atoms with Crippen LogP contribution in [0.15, 0.2) is 0 Å². The summed E-state index contributed by atoms with van der Waals surface area (Å²) in [6, 6.07) is 0. The summed E-state index contributed by atoms with van der Waals surface area (Å²) in [4.78, 5) is 0. The third kappa shape index (κ3) is 0.990. The van der Waals surface area contributed by atoms with Crippen LogP contribution in [0, 0.1) is 0 Å². The first-order valence-corrected chi connectivity index (χ1v) is 6.65. The molecule has 2 bridgehead atoms. The van der Waals surface area contributed by atoms with Crippen molar-refractivity contribution in [3.05, 3.63) is 11.1 Å². The van der Waals surface area contributed by atoms with Crippen LogP contribution in [0.4, 0.5) is 0 Å². The number of hydrogen-bond acceptors (Lipinski definition) is 5. The van der Waals surface area contributed by atoms with E-state index in [1.54, 1.807) is 0 Å². The molecular formula is C10H11O5P. The smallest absolute Gasteiger partial charge is 0.504 e. The Kier molecular flexibility index (Phi) is 1.76. The largest absolute Gasteiger partial charge is 0.647 e. The third-order valence-corrected chi connectivity index (χ3v) is 4.09. The van der Waals surface area contributed by atoms with Gasteiger partial charge in [-0.25, -0.2) is 0 Å². The Morgan fingerprint density at radius 3 is 2.12 bits per heavy atom. The normalized spacial score (nSPS) is 23.9. The molecule has 1 aromatic carbocycles. The van der Waals surface area contributed by atoms with Crippen LogP contribution in [0.1, 0.15) is 25.0 Å². The van der Waals surface area contributed by atoms with E-state index in [1.165, 1.54) is 0 Å². The lowest BCUT2D eigenvalue weighted by Crippen LogP contribution is -2.03. The number of phosphoric ester groups is 1. The number of aromatic hydroxyl groups is 1. The average molecular weight is 242 g/mol. The maximum Gasteiger partial charge on any atom is 0.647 e. The monoisotopic (exact) mass is 242 g/mol. The van der Waals surface area contributed by atoms with Gasteiger partial charge < -0.3 is 18.7 Å². The van der Waals surface area contributed by atoms with Gasteiger partial charge in [0.25, 0.3) is 0 Å². The molecule has 0 aliphatic carbocycles. The number of fused-ring (bicyclic) bond motifs is 1. The Morgan fingerprint density at radius 2 is 1.56 bits per heavy atom. The molecule has 1 unspecified atom stereocenters. The SMILES string of the molecule is CCc1c(O)c2c3c(c1CC)OP(=O)(O2)O3. The van der Waals surface area contributed by atoms with Crippen molar-refractivity contribution >= 4 is 7.82 Å². The molecule has 0 radical (unpaired) electrons. The summed E-state index contributed by atoms with van der Waals surface area (Å²) in [6.45, 7) is 3.88. The number of phosphoric acid groups is 1. The fraction of sp³-hybridized carbons (Fsp3) is 0.400. The van der Waals surface area contributed by atoms with E-state index in [1.807, 2.05) is 13.8 Å². The number of phenolic OH excluding ortho intramolecular Hbond substituents is 1. The minimum Gasteiger partial charge on any atom is -0.504 e. The van der Waals surface area contributed by atoms with Crippen molar-refractivity contribution < 1.29 is 23.2 Å². The van der Waals surface area contributed by atoms with Crippen molar-refractivity contribution in [3.8, 4) is 23.0 Å². The Balaban J connectivity index is 2.35. The van der Waals surface area contributed by atoms with Crippen LogP contribution in [0.3, 0.4) is 0 Å². The van der Waals surface area contributed by atoms with E-state index in [9.17, 15) is 9.67 Å². The molecule has 0 amide bonds.